The maximum Gasteiger partial charge on any atom is 0.254 e. The molecule has 0 aromatic carbocycles. The minimum Gasteiger partial charge on any atom is -0.369 e. The maximum atomic E-state index is 4.39. The van der Waals surface area contributed by atoms with Gasteiger partial charge in [-0.15, -0.1) is 0 Å². The minimum absolute atomic E-state index is 0.443. The van der Waals surface area contributed by atoms with E-state index in [0.29, 0.717) is 11.2 Å². The van der Waals surface area contributed by atoms with Gasteiger partial charge < -0.3 is 5.32 Å². The van der Waals surface area contributed by atoms with E-state index in [2.05, 4.69) is 40.3 Å². The van der Waals surface area contributed by atoms with Crippen molar-refractivity contribution >= 4 is 11.6 Å². The molecule has 0 unspecified atom stereocenters. The summed E-state index contributed by atoms with van der Waals surface area (Å²) in [5, 5.41) is 7.89. The molecule has 0 atom stereocenters. The first kappa shape index (κ1) is 14.3. The first-order valence-electron chi connectivity index (χ1n) is 7.99. The van der Waals surface area contributed by atoms with Crippen molar-refractivity contribution in [3.63, 3.8) is 0 Å². The van der Waals surface area contributed by atoms with Gasteiger partial charge in [0.1, 0.15) is 12.1 Å². The molecule has 1 N–H and O–H groups in total. The Labute approximate surface area is 126 Å². The summed E-state index contributed by atoms with van der Waals surface area (Å²) in [6.45, 7) is 7.67. The molecule has 3 rings (SSSR count). The molecule has 0 bridgehead atoms. The number of nitrogens with one attached hydrogen (secondary N) is 1. The highest BCUT2D eigenvalue weighted by Gasteiger charge is 2.34. The van der Waals surface area contributed by atoms with Crippen molar-refractivity contribution in [2.45, 2.75) is 52.9 Å². The Balaban J connectivity index is 1.80. The van der Waals surface area contributed by atoms with E-state index < -0.39 is 0 Å². The molecule has 1 aliphatic carbocycles. The molecule has 114 valence electrons. The molecule has 5 nitrogen and oxygen atoms in total. The maximum absolute atomic E-state index is 4.39. The number of anilines is 1. The summed E-state index contributed by atoms with van der Waals surface area (Å²) in [7, 11) is 0. The van der Waals surface area contributed by atoms with Crippen molar-refractivity contribution in [1.29, 1.82) is 0 Å². The molecule has 0 saturated heterocycles. The molecular weight excluding hydrogens is 262 g/mol. The van der Waals surface area contributed by atoms with Crippen LogP contribution < -0.4 is 5.32 Å². The summed E-state index contributed by atoms with van der Waals surface area (Å²) in [5.41, 5.74) is 1.42. The van der Waals surface area contributed by atoms with E-state index in [0.717, 1.165) is 24.0 Å². The van der Waals surface area contributed by atoms with Gasteiger partial charge in [-0.05, 0) is 37.5 Å². The number of rotatable bonds is 5. The topological polar surface area (TPSA) is 55.1 Å². The van der Waals surface area contributed by atoms with Crippen molar-refractivity contribution in [2.75, 3.05) is 11.9 Å². The fourth-order valence-electron chi connectivity index (χ4n) is 3.78. The lowest BCUT2D eigenvalue weighted by atomic mass is 9.78. The van der Waals surface area contributed by atoms with Crippen molar-refractivity contribution in [3.05, 3.63) is 18.1 Å². The van der Waals surface area contributed by atoms with Gasteiger partial charge >= 0.3 is 0 Å². The van der Waals surface area contributed by atoms with Crippen LogP contribution in [0.25, 0.3) is 5.78 Å². The molecule has 2 aromatic heterocycles. The van der Waals surface area contributed by atoms with Gasteiger partial charge in [-0.3, -0.25) is 0 Å². The van der Waals surface area contributed by atoms with Crippen LogP contribution in [0.15, 0.2) is 12.4 Å². The fraction of sp³-hybridized carbons (Fsp3) is 0.688. The van der Waals surface area contributed by atoms with Gasteiger partial charge in [0.05, 0.1) is 0 Å². The van der Waals surface area contributed by atoms with Gasteiger partial charge in [-0.25, -0.2) is 4.98 Å². The highest BCUT2D eigenvalue weighted by Crippen LogP contribution is 2.43. The number of hydrogen-bond acceptors (Lipinski definition) is 4. The lowest BCUT2D eigenvalue weighted by Crippen LogP contribution is -2.29. The van der Waals surface area contributed by atoms with Crippen LogP contribution in [-0.4, -0.2) is 26.1 Å². The number of aromatic nitrogens is 4. The summed E-state index contributed by atoms with van der Waals surface area (Å²) < 4.78 is 1.80. The number of nitrogens with zero attached hydrogens (tertiary/aromatic N) is 4. The van der Waals surface area contributed by atoms with E-state index in [1.807, 2.05) is 6.92 Å². The molecule has 1 saturated carbocycles. The molecule has 2 aromatic rings. The molecule has 0 radical (unpaired) electrons. The average Bonchev–Trinajstić information content (AvgIpc) is 3.04. The van der Waals surface area contributed by atoms with E-state index >= 15 is 0 Å². The molecule has 0 spiro atoms. The fourth-order valence-corrected chi connectivity index (χ4v) is 3.78. The van der Waals surface area contributed by atoms with E-state index in [9.17, 15) is 0 Å². The molecule has 2 heterocycles. The van der Waals surface area contributed by atoms with Crippen LogP contribution in [0.3, 0.4) is 0 Å². The summed E-state index contributed by atoms with van der Waals surface area (Å²) in [6.07, 6.45) is 8.26. The zero-order valence-electron chi connectivity index (χ0n) is 13.3. The lowest BCUT2D eigenvalue weighted by molar-refractivity contribution is 0.252. The van der Waals surface area contributed by atoms with Crippen LogP contribution in [-0.2, 0) is 0 Å². The normalized spacial score (nSPS) is 17.7. The monoisotopic (exact) mass is 287 g/mol. The third kappa shape index (κ3) is 3.01. The van der Waals surface area contributed by atoms with Crippen LogP contribution in [0.1, 0.15) is 51.6 Å². The Morgan fingerprint density at radius 3 is 2.81 bits per heavy atom. The van der Waals surface area contributed by atoms with Crippen molar-refractivity contribution in [2.24, 2.45) is 11.3 Å². The number of aryl methyl sites for hydroxylation is 1. The Bertz CT molecular complexity index is 610. The van der Waals surface area contributed by atoms with Crippen LogP contribution in [0, 0.1) is 18.3 Å². The number of hydrogen-bond donors (Lipinski definition) is 1. The molecule has 0 amide bonds. The third-order valence-electron chi connectivity index (χ3n) is 4.53. The third-order valence-corrected chi connectivity index (χ3v) is 4.53. The van der Waals surface area contributed by atoms with E-state index in [-0.39, 0.29) is 0 Å². The Morgan fingerprint density at radius 1 is 1.33 bits per heavy atom. The molecule has 5 heteroatoms. The van der Waals surface area contributed by atoms with E-state index in [4.69, 9.17) is 0 Å². The summed E-state index contributed by atoms with van der Waals surface area (Å²) in [4.78, 5) is 8.58. The lowest BCUT2D eigenvalue weighted by Gasteiger charge is -2.31. The zero-order chi connectivity index (χ0) is 14.9. The van der Waals surface area contributed by atoms with Gasteiger partial charge in [0.15, 0.2) is 0 Å². The summed E-state index contributed by atoms with van der Waals surface area (Å²) in [6, 6.07) is 2.06. The van der Waals surface area contributed by atoms with Gasteiger partial charge in [0.25, 0.3) is 5.78 Å². The van der Waals surface area contributed by atoms with Crippen molar-refractivity contribution < 1.29 is 0 Å². The van der Waals surface area contributed by atoms with Crippen LogP contribution in [0.2, 0.25) is 0 Å². The van der Waals surface area contributed by atoms with Gasteiger partial charge in [0, 0.05) is 18.3 Å². The standard InChI is InChI=1S/C16H25N5/c1-12(2)9-16(6-4-5-7-16)10-17-14-8-13(3)20-15-18-11-19-21(14)15/h8,11-12,17H,4-7,9-10H2,1-3H3. The largest absolute Gasteiger partial charge is 0.369 e. The second-order valence-corrected chi connectivity index (χ2v) is 6.91. The molecular formula is C16H25N5. The van der Waals surface area contributed by atoms with Crippen molar-refractivity contribution in [1.82, 2.24) is 19.6 Å². The molecule has 1 fully saturated rings. The second kappa shape index (κ2) is 5.62. The Hall–Kier alpha value is -1.65. The van der Waals surface area contributed by atoms with Gasteiger partial charge in [-0.1, -0.05) is 26.7 Å². The highest BCUT2D eigenvalue weighted by molar-refractivity contribution is 5.44. The smallest absolute Gasteiger partial charge is 0.254 e. The minimum atomic E-state index is 0.443. The molecule has 0 aliphatic heterocycles. The van der Waals surface area contributed by atoms with Crippen LogP contribution >= 0.6 is 0 Å². The average molecular weight is 287 g/mol. The quantitative estimate of drug-likeness (QED) is 0.915. The summed E-state index contributed by atoms with van der Waals surface area (Å²) in [5.74, 6) is 2.42. The zero-order valence-corrected chi connectivity index (χ0v) is 13.3. The molecule has 1 aliphatic rings. The Kier molecular flexibility index (Phi) is 3.83. The summed E-state index contributed by atoms with van der Waals surface area (Å²) >= 11 is 0. The van der Waals surface area contributed by atoms with E-state index in [1.165, 1.54) is 32.1 Å². The van der Waals surface area contributed by atoms with Crippen molar-refractivity contribution in [3.8, 4) is 0 Å². The predicted octanol–water partition coefficient (Wildman–Crippen LogP) is 3.45. The first-order chi connectivity index (χ1) is 10.1. The second-order valence-electron chi connectivity index (χ2n) is 6.91. The highest BCUT2D eigenvalue weighted by atomic mass is 15.3. The molecule has 21 heavy (non-hydrogen) atoms. The van der Waals surface area contributed by atoms with Gasteiger partial charge in [0.2, 0.25) is 0 Å². The van der Waals surface area contributed by atoms with Crippen LogP contribution in [0.4, 0.5) is 5.82 Å². The van der Waals surface area contributed by atoms with Gasteiger partial charge in [-0.2, -0.15) is 14.6 Å². The SMILES string of the molecule is Cc1cc(NCC2(CC(C)C)CCCC2)n2ncnc2n1. The number of fused-ring (bicyclic) bond motifs is 1. The van der Waals surface area contributed by atoms with Crippen LogP contribution in [0.5, 0.6) is 0 Å². The predicted molar refractivity (Wildman–Crippen MR) is 84.4 cm³/mol. The first-order valence-corrected chi connectivity index (χ1v) is 7.99. The Morgan fingerprint density at radius 2 is 2.10 bits per heavy atom. The van der Waals surface area contributed by atoms with E-state index in [1.54, 1.807) is 10.8 Å².